The Morgan fingerprint density at radius 3 is 1.43 bits per heavy atom. The van der Waals surface area contributed by atoms with Crippen LogP contribution < -0.4 is 10.6 Å². The molecule has 0 spiro atoms. The van der Waals surface area contributed by atoms with Gasteiger partial charge in [-0.1, -0.05) is 109 Å². The van der Waals surface area contributed by atoms with Crippen molar-refractivity contribution in [3.63, 3.8) is 0 Å². The first kappa shape index (κ1) is 32.2. The maximum absolute atomic E-state index is 13.3. The van der Waals surface area contributed by atoms with Gasteiger partial charge in [0.25, 0.3) is 11.8 Å². The molecule has 232 valence electrons. The predicted octanol–water partition coefficient (Wildman–Crippen LogP) is 6.22. The molecule has 0 saturated carbocycles. The van der Waals surface area contributed by atoms with Crippen LogP contribution in [0.15, 0.2) is 81.2 Å². The van der Waals surface area contributed by atoms with Crippen LogP contribution >= 0.6 is 70.6 Å². The van der Waals surface area contributed by atoms with Crippen molar-refractivity contribution in [1.29, 1.82) is 0 Å². The standard InChI is InChI=1S/C30H22N6O4S6/c37-21(33-27-31-19(15-43-27)17-7-3-1-4-8-17)11-13-35-25(39)23(45-29(35)41)24-26(40)36(30(42)46-24)14-12-22(38)34-28-32-20(16-44-28)18-9-5-2-6-10-18/h1-10,15-16H,11-14H2,(H,31,33,37)(H,32,34,38)/b24-23+. The molecule has 0 radical (unpaired) electrons. The second-order valence-electron chi connectivity index (χ2n) is 9.71. The van der Waals surface area contributed by atoms with Gasteiger partial charge in [-0.15, -0.1) is 22.7 Å². The summed E-state index contributed by atoms with van der Waals surface area (Å²) in [5.74, 6) is -1.55. The van der Waals surface area contributed by atoms with Gasteiger partial charge in [-0.05, 0) is 0 Å². The number of aromatic nitrogens is 2. The molecule has 10 nitrogen and oxygen atoms in total. The molecule has 2 saturated heterocycles. The zero-order valence-corrected chi connectivity index (χ0v) is 28.5. The number of carbonyl (C=O) groups excluding carboxylic acids is 4. The summed E-state index contributed by atoms with van der Waals surface area (Å²) in [5, 5.41) is 10.2. The smallest absolute Gasteiger partial charge is 0.267 e. The summed E-state index contributed by atoms with van der Waals surface area (Å²) < 4.78 is 0.493. The molecule has 0 atom stereocenters. The molecule has 6 rings (SSSR count). The van der Waals surface area contributed by atoms with E-state index >= 15 is 0 Å². The Balaban J connectivity index is 1.01. The van der Waals surface area contributed by atoms with E-state index in [2.05, 4.69) is 20.6 Å². The first-order valence-electron chi connectivity index (χ1n) is 13.7. The number of thioether (sulfide) groups is 2. The summed E-state index contributed by atoms with van der Waals surface area (Å²) in [6.07, 6.45) is -0.0238. The first-order chi connectivity index (χ1) is 22.3. The van der Waals surface area contributed by atoms with Gasteiger partial charge in [0.2, 0.25) is 11.8 Å². The van der Waals surface area contributed by atoms with E-state index in [0.29, 0.717) is 10.3 Å². The lowest BCUT2D eigenvalue weighted by Gasteiger charge is -2.14. The van der Waals surface area contributed by atoms with Crippen LogP contribution in [0.25, 0.3) is 22.5 Å². The molecule has 2 fully saturated rings. The zero-order chi connectivity index (χ0) is 32.2. The summed E-state index contributed by atoms with van der Waals surface area (Å²) >= 11 is 15.5. The van der Waals surface area contributed by atoms with Crippen LogP contribution in [0.5, 0.6) is 0 Å². The monoisotopic (exact) mass is 722 g/mol. The third kappa shape index (κ3) is 7.27. The molecular formula is C30H22N6O4S6. The summed E-state index contributed by atoms with van der Waals surface area (Å²) in [7, 11) is 0. The molecule has 46 heavy (non-hydrogen) atoms. The predicted molar refractivity (Wildman–Crippen MR) is 192 cm³/mol. The molecule has 4 amide bonds. The van der Waals surface area contributed by atoms with Gasteiger partial charge in [-0.3, -0.25) is 29.0 Å². The van der Waals surface area contributed by atoms with Crippen LogP contribution in [0.2, 0.25) is 0 Å². The Morgan fingerprint density at radius 1 is 0.652 bits per heavy atom. The summed E-state index contributed by atoms with van der Waals surface area (Å²) in [5.41, 5.74) is 3.40. The Labute approximate surface area is 290 Å². The fraction of sp³-hybridized carbons (Fsp3) is 0.133. The lowest BCUT2D eigenvalue weighted by molar-refractivity contribution is -0.125. The normalized spacial score (nSPS) is 16.4. The van der Waals surface area contributed by atoms with Crippen LogP contribution in [-0.4, -0.2) is 65.1 Å². The Kier molecular flexibility index (Phi) is 10.0. The lowest BCUT2D eigenvalue weighted by Crippen LogP contribution is -2.33. The van der Waals surface area contributed by atoms with E-state index in [1.807, 2.05) is 71.4 Å². The topological polar surface area (TPSA) is 125 Å². The Hall–Kier alpha value is -3.80. The maximum Gasteiger partial charge on any atom is 0.267 e. The fourth-order valence-corrected chi connectivity index (χ4v) is 8.63. The van der Waals surface area contributed by atoms with E-state index < -0.39 is 11.8 Å². The molecule has 0 bridgehead atoms. The van der Waals surface area contributed by atoms with Gasteiger partial charge < -0.3 is 10.6 Å². The molecule has 16 heteroatoms. The highest BCUT2D eigenvalue weighted by atomic mass is 32.2. The molecule has 0 aliphatic carbocycles. The van der Waals surface area contributed by atoms with E-state index in [1.54, 1.807) is 0 Å². The van der Waals surface area contributed by atoms with Gasteiger partial charge in [0.1, 0.15) is 8.64 Å². The largest absolute Gasteiger partial charge is 0.302 e. The number of thiocarbonyl (C=S) groups is 2. The number of nitrogens with one attached hydrogen (secondary N) is 2. The molecule has 2 N–H and O–H groups in total. The second kappa shape index (κ2) is 14.3. The van der Waals surface area contributed by atoms with Gasteiger partial charge in [-0.2, -0.15) is 0 Å². The first-order valence-corrected chi connectivity index (χ1v) is 17.9. The molecule has 4 aromatic rings. The van der Waals surface area contributed by atoms with Crippen molar-refractivity contribution in [3.8, 4) is 22.5 Å². The van der Waals surface area contributed by atoms with Gasteiger partial charge in [-0.25, -0.2) is 9.97 Å². The minimum absolute atomic E-state index is 0.0119. The summed E-state index contributed by atoms with van der Waals surface area (Å²) in [6, 6.07) is 19.2. The van der Waals surface area contributed by atoms with E-state index in [0.717, 1.165) is 46.0 Å². The number of hydrogen-bond donors (Lipinski definition) is 2. The Morgan fingerprint density at radius 2 is 1.04 bits per heavy atom. The minimum atomic E-state index is -0.459. The Bertz CT molecular complexity index is 1760. The lowest BCUT2D eigenvalue weighted by atomic mass is 10.2. The second-order valence-corrected chi connectivity index (χ2v) is 14.7. The molecule has 2 aliphatic rings. The number of anilines is 2. The highest BCUT2D eigenvalue weighted by Crippen LogP contribution is 2.42. The molecule has 4 heterocycles. The van der Waals surface area contributed by atoms with E-state index in [9.17, 15) is 19.2 Å². The number of benzene rings is 2. The minimum Gasteiger partial charge on any atom is -0.302 e. The van der Waals surface area contributed by atoms with Gasteiger partial charge >= 0.3 is 0 Å². The number of rotatable bonds is 10. The zero-order valence-electron chi connectivity index (χ0n) is 23.6. The summed E-state index contributed by atoms with van der Waals surface area (Å²) in [4.78, 5) is 63.7. The maximum atomic E-state index is 13.3. The molecule has 0 unspecified atom stereocenters. The van der Waals surface area contributed by atoms with Gasteiger partial charge in [0.15, 0.2) is 10.3 Å². The van der Waals surface area contributed by atoms with Crippen LogP contribution in [0.1, 0.15) is 12.8 Å². The highest BCUT2D eigenvalue weighted by Gasteiger charge is 2.42. The van der Waals surface area contributed by atoms with E-state index in [1.165, 1.54) is 32.5 Å². The molecule has 2 aromatic heterocycles. The van der Waals surface area contributed by atoms with Crippen LogP contribution in [0.3, 0.4) is 0 Å². The van der Waals surface area contributed by atoms with Gasteiger partial charge in [0.05, 0.1) is 21.2 Å². The highest BCUT2D eigenvalue weighted by molar-refractivity contribution is 8.29. The van der Waals surface area contributed by atoms with Gasteiger partial charge in [0, 0.05) is 47.8 Å². The van der Waals surface area contributed by atoms with E-state index in [4.69, 9.17) is 24.4 Å². The average molecular weight is 723 g/mol. The number of hydrogen-bond acceptors (Lipinski definition) is 12. The number of thiazole rings is 2. The third-order valence-corrected chi connectivity index (χ3v) is 11.2. The van der Waals surface area contributed by atoms with Crippen molar-refractivity contribution in [2.45, 2.75) is 12.8 Å². The van der Waals surface area contributed by atoms with E-state index in [-0.39, 0.29) is 56.2 Å². The average Bonchev–Trinajstić information content (AvgIpc) is 3.84. The summed E-state index contributed by atoms with van der Waals surface area (Å²) in [6.45, 7) is 0.0836. The number of nitrogens with zero attached hydrogens (tertiary/aromatic N) is 4. The third-order valence-electron chi connectivity index (χ3n) is 6.67. The van der Waals surface area contributed by atoms with Crippen molar-refractivity contribution < 1.29 is 19.2 Å². The van der Waals surface area contributed by atoms with Crippen molar-refractivity contribution in [3.05, 3.63) is 81.2 Å². The van der Waals surface area contributed by atoms with Crippen molar-refractivity contribution in [1.82, 2.24) is 19.8 Å². The quantitative estimate of drug-likeness (QED) is 0.144. The fourth-order valence-electron chi connectivity index (χ4n) is 4.39. The molecular weight excluding hydrogens is 701 g/mol. The van der Waals surface area contributed by atoms with Crippen LogP contribution in [0, 0.1) is 0 Å². The van der Waals surface area contributed by atoms with Crippen LogP contribution in [0.4, 0.5) is 10.3 Å². The van der Waals surface area contributed by atoms with Crippen molar-refractivity contribution >= 4 is 113 Å². The van der Waals surface area contributed by atoms with Crippen molar-refractivity contribution in [2.75, 3.05) is 23.7 Å². The molecule has 2 aromatic carbocycles. The molecule has 2 aliphatic heterocycles. The van der Waals surface area contributed by atoms with Crippen molar-refractivity contribution in [2.24, 2.45) is 0 Å². The number of carbonyl (C=O) groups is 4. The van der Waals surface area contributed by atoms with Crippen LogP contribution in [-0.2, 0) is 19.2 Å². The number of amides is 4. The SMILES string of the molecule is O=C(CCN1C(=O)/C(=C2\SC(=S)N(CCC(=O)Nc3nc(-c4ccccc4)cs3)C2=O)SC1=S)Nc1nc(-c2ccccc2)cs1.